The van der Waals surface area contributed by atoms with Crippen LogP contribution in [-0.2, 0) is 26.8 Å². The van der Waals surface area contributed by atoms with Crippen LogP contribution in [0.3, 0.4) is 0 Å². The molecule has 4 N–H and O–H groups in total. The lowest BCUT2D eigenvalue weighted by atomic mass is 9.78. The first-order valence-electron chi connectivity index (χ1n) is 9.65. The molecule has 1 aromatic carbocycles. The van der Waals surface area contributed by atoms with Crippen molar-refractivity contribution in [2.45, 2.75) is 65.2 Å². The average Bonchev–Trinajstić information content (AvgIpc) is 2.60. The number of aliphatic hydroxyl groups excluding tert-OH is 3. The summed E-state index contributed by atoms with van der Waals surface area (Å²) in [6.45, 7) is 10.5. The zero-order valence-corrected chi connectivity index (χ0v) is 18.0. The number of aliphatic hydroxyl groups is 3. The summed E-state index contributed by atoms with van der Waals surface area (Å²) in [5.74, 6) is -0.174. The SMILES string of the molecule is CC(C)(C)c1cc(CCC(=O)OCC(CO)(CO)CO)cc(C(C)(C)C)c1O. The molecular formula is C22H36O6. The van der Waals surface area contributed by atoms with Crippen LogP contribution >= 0.6 is 0 Å². The maximum atomic E-state index is 12.1. The third kappa shape index (κ3) is 6.19. The van der Waals surface area contributed by atoms with Crippen LogP contribution in [0.2, 0.25) is 0 Å². The first kappa shape index (κ1) is 24.4. The van der Waals surface area contributed by atoms with Gasteiger partial charge in [-0.1, -0.05) is 53.7 Å². The second-order valence-electron chi connectivity index (χ2n) is 9.67. The molecule has 28 heavy (non-hydrogen) atoms. The van der Waals surface area contributed by atoms with Gasteiger partial charge in [0.25, 0.3) is 0 Å². The van der Waals surface area contributed by atoms with Gasteiger partial charge in [-0.2, -0.15) is 0 Å². The van der Waals surface area contributed by atoms with Gasteiger partial charge in [0, 0.05) is 6.42 Å². The van der Waals surface area contributed by atoms with Crippen molar-refractivity contribution >= 4 is 5.97 Å². The molecule has 0 aliphatic rings. The van der Waals surface area contributed by atoms with E-state index in [0.29, 0.717) is 12.2 Å². The summed E-state index contributed by atoms with van der Waals surface area (Å²) in [5.41, 5.74) is 0.883. The Labute approximate surface area is 168 Å². The van der Waals surface area contributed by atoms with Crippen molar-refractivity contribution in [3.63, 3.8) is 0 Å². The zero-order valence-electron chi connectivity index (χ0n) is 18.0. The van der Waals surface area contributed by atoms with Gasteiger partial charge >= 0.3 is 5.97 Å². The van der Waals surface area contributed by atoms with Gasteiger partial charge in [0.2, 0.25) is 0 Å². The number of ether oxygens (including phenoxy) is 1. The highest BCUT2D eigenvalue weighted by atomic mass is 16.5. The highest BCUT2D eigenvalue weighted by Gasteiger charge is 2.30. The van der Waals surface area contributed by atoms with Crippen molar-refractivity contribution in [1.82, 2.24) is 0 Å². The lowest BCUT2D eigenvalue weighted by molar-refractivity contribution is -0.151. The van der Waals surface area contributed by atoms with Gasteiger partial charge in [-0.15, -0.1) is 0 Å². The van der Waals surface area contributed by atoms with Crippen LogP contribution in [0.4, 0.5) is 0 Å². The molecule has 0 aliphatic heterocycles. The van der Waals surface area contributed by atoms with E-state index in [0.717, 1.165) is 16.7 Å². The maximum absolute atomic E-state index is 12.1. The van der Waals surface area contributed by atoms with E-state index >= 15 is 0 Å². The first-order chi connectivity index (χ1) is 12.8. The van der Waals surface area contributed by atoms with Crippen LogP contribution in [0, 0.1) is 5.41 Å². The third-order valence-electron chi connectivity index (χ3n) is 4.95. The van der Waals surface area contributed by atoms with Gasteiger partial charge in [-0.05, 0) is 33.9 Å². The van der Waals surface area contributed by atoms with Crippen LogP contribution in [0.15, 0.2) is 12.1 Å². The van der Waals surface area contributed by atoms with E-state index in [2.05, 4.69) is 0 Å². The molecule has 0 saturated carbocycles. The second-order valence-corrected chi connectivity index (χ2v) is 9.67. The lowest BCUT2D eigenvalue weighted by Gasteiger charge is -2.28. The number of hydrogen-bond acceptors (Lipinski definition) is 6. The standard InChI is InChI=1S/C22H36O6/c1-20(2,3)16-9-15(10-17(19(16)27)21(4,5)6)7-8-18(26)28-14-22(11-23,12-24)13-25/h9-10,23-25,27H,7-8,11-14H2,1-6H3. The Morgan fingerprint density at radius 3 is 1.68 bits per heavy atom. The zero-order chi connectivity index (χ0) is 21.8. The number of carbonyl (C=O) groups excluding carboxylic acids is 1. The minimum absolute atomic E-state index is 0.121. The molecule has 6 heteroatoms. The summed E-state index contributed by atoms with van der Waals surface area (Å²) >= 11 is 0. The number of hydrogen-bond donors (Lipinski definition) is 4. The van der Waals surface area contributed by atoms with Crippen LogP contribution in [0.25, 0.3) is 0 Å². The van der Waals surface area contributed by atoms with Crippen molar-refractivity contribution < 1.29 is 30.0 Å². The van der Waals surface area contributed by atoms with E-state index in [1.165, 1.54) is 0 Å². The number of aryl methyl sites for hydroxylation is 1. The predicted octanol–water partition coefficient (Wildman–Crippen LogP) is 2.43. The molecule has 160 valence electrons. The molecular weight excluding hydrogens is 360 g/mol. The molecule has 0 saturated heterocycles. The summed E-state index contributed by atoms with van der Waals surface area (Å²) in [6, 6.07) is 3.86. The van der Waals surface area contributed by atoms with Crippen molar-refractivity contribution in [3.05, 3.63) is 28.8 Å². The summed E-state index contributed by atoms with van der Waals surface area (Å²) in [6.07, 6.45) is 0.561. The quantitative estimate of drug-likeness (QED) is 0.503. The van der Waals surface area contributed by atoms with E-state index in [1.807, 2.05) is 53.7 Å². The number of rotatable bonds is 8. The number of phenols is 1. The molecule has 0 atom stereocenters. The number of phenolic OH excluding ortho intramolecular Hbond substituents is 1. The number of benzene rings is 1. The molecule has 0 unspecified atom stereocenters. The van der Waals surface area contributed by atoms with Crippen molar-refractivity contribution in [2.24, 2.45) is 5.41 Å². The molecule has 0 heterocycles. The maximum Gasteiger partial charge on any atom is 0.306 e. The fourth-order valence-electron chi connectivity index (χ4n) is 2.82. The Morgan fingerprint density at radius 1 is 0.893 bits per heavy atom. The highest BCUT2D eigenvalue weighted by molar-refractivity contribution is 5.70. The molecule has 0 fully saturated rings. The predicted molar refractivity (Wildman–Crippen MR) is 108 cm³/mol. The molecule has 1 rings (SSSR count). The van der Waals surface area contributed by atoms with Gasteiger partial charge in [0.15, 0.2) is 0 Å². The highest BCUT2D eigenvalue weighted by Crippen LogP contribution is 2.40. The largest absolute Gasteiger partial charge is 0.507 e. The lowest BCUT2D eigenvalue weighted by Crippen LogP contribution is -2.39. The van der Waals surface area contributed by atoms with Crippen molar-refractivity contribution in [1.29, 1.82) is 0 Å². The fourth-order valence-corrected chi connectivity index (χ4v) is 2.82. The van der Waals surface area contributed by atoms with Gasteiger partial charge in [-0.3, -0.25) is 4.79 Å². The molecule has 0 bridgehead atoms. The van der Waals surface area contributed by atoms with E-state index in [1.54, 1.807) is 0 Å². The summed E-state index contributed by atoms with van der Waals surface area (Å²) in [7, 11) is 0. The Kier molecular flexibility index (Phi) is 8.06. The third-order valence-corrected chi connectivity index (χ3v) is 4.95. The summed E-state index contributed by atoms with van der Waals surface area (Å²) in [5, 5.41) is 38.7. The number of aromatic hydroxyl groups is 1. The van der Waals surface area contributed by atoms with Crippen LogP contribution in [0.1, 0.15) is 64.7 Å². The van der Waals surface area contributed by atoms with E-state index in [4.69, 9.17) is 4.74 Å². The molecule has 0 amide bonds. The molecule has 0 radical (unpaired) electrons. The molecule has 0 aliphatic carbocycles. The van der Waals surface area contributed by atoms with E-state index in [-0.39, 0.29) is 23.9 Å². The van der Waals surface area contributed by atoms with Crippen LogP contribution in [-0.4, -0.2) is 52.8 Å². The van der Waals surface area contributed by atoms with Crippen molar-refractivity contribution in [2.75, 3.05) is 26.4 Å². The first-order valence-corrected chi connectivity index (χ1v) is 9.65. The Hall–Kier alpha value is -1.63. The summed E-state index contributed by atoms with van der Waals surface area (Å²) in [4.78, 5) is 12.1. The minimum atomic E-state index is -1.23. The minimum Gasteiger partial charge on any atom is -0.507 e. The smallest absolute Gasteiger partial charge is 0.306 e. The van der Waals surface area contributed by atoms with Crippen LogP contribution < -0.4 is 0 Å². The van der Waals surface area contributed by atoms with Crippen molar-refractivity contribution in [3.8, 4) is 5.75 Å². The summed E-state index contributed by atoms with van der Waals surface area (Å²) < 4.78 is 5.15. The Morgan fingerprint density at radius 2 is 1.32 bits per heavy atom. The molecule has 0 spiro atoms. The average molecular weight is 397 g/mol. The molecule has 1 aromatic rings. The monoisotopic (exact) mass is 396 g/mol. The van der Waals surface area contributed by atoms with Gasteiger partial charge in [0.05, 0.1) is 25.2 Å². The Bertz CT molecular complexity index is 619. The van der Waals surface area contributed by atoms with Crippen LogP contribution in [0.5, 0.6) is 5.75 Å². The Balaban J connectivity index is 2.96. The molecule has 0 aromatic heterocycles. The topological polar surface area (TPSA) is 107 Å². The van der Waals surface area contributed by atoms with E-state index < -0.39 is 31.2 Å². The fraction of sp³-hybridized carbons (Fsp3) is 0.682. The van der Waals surface area contributed by atoms with E-state index in [9.17, 15) is 25.2 Å². The second kappa shape index (κ2) is 9.25. The van der Waals surface area contributed by atoms with Gasteiger partial charge in [0.1, 0.15) is 12.4 Å². The van der Waals surface area contributed by atoms with Gasteiger partial charge in [-0.25, -0.2) is 0 Å². The normalized spacial score (nSPS) is 12.9. The number of carbonyl (C=O) groups is 1. The number of esters is 1. The molecule has 6 nitrogen and oxygen atoms in total. The van der Waals surface area contributed by atoms with Gasteiger partial charge < -0.3 is 25.2 Å².